The van der Waals surface area contributed by atoms with Gasteiger partial charge < -0.3 is 15.1 Å². The Hall–Kier alpha value is -2.49. The second-order valence-electron chi connectivity index (χ2n) is 5.76. The maximum atomic E-state index is 11.8. The molecule has 0 saturated carbocycles. The summed E-state index contributed by atoms with van der Waals surface area (Å²) in [5.41, 5.74) is 2.90. The van der Waals surface area contributed by atoms with Crippen LogP contribution in [0, 0.1) is 6.92 Å². The third-order valence-electron chi connectivity index (χ3n) is 4.08. The average Bonchev–Trinajstić information content (AvgIpc) is 2.88. The number of aryl methyl sites for hydroxylation is 1. The van der Waals surface area contributed by atoms with Crippen molar-refractivity contribution in [3.63, 3.8) is 0 Å². The number of carbonyl (C=O) groups excluding carboxylic acids is 1. The highest BCUT2D eigenvalue weighted by atomic mass is 16.3. The minimum absolute atomic E-state index is 0.0413. The number of benzene rings is 2. The number of phenolic OH excluding ortho intramolecular Hbond substituents is 2. The minimum Gasteiger partial charge on any atom is -0.507 e. The summed E-state index contributed by atoms with van der Waals surface area (Å²) in [6, 6.07) is 10.9. The van der Waals surface area contributed by atoms with Gasteiger partial charge in [0.1, 0.15) is 11.5 Å². The first-order valence-electron chi connectivity index (χ1n) is 7.45. The van der Waals surface area contributed by atoms with Gasteiger partial charge in [0.25, 0.3) is 0 Å². The molecule has 22 heavy (non-hydrogen) atoms. The van der Waals surface area contributed by atoms with Crippen LogP contribution in [0.15, 0.2) is 36.4 Å². The Bertz CT molecular complexity index is 724. The van der Waals surface area contributed by atoms with E-state index in [0.717, 1.165) is 24.1 Å². The van der Waals surface area contributed by atoms with Gasteiger partial charge in [0.2, 0.25) is 5.91 Å². The molecule has 1 aliphatic rings. The number of rotatable bonds is 3. The Morgan fingerprint density at radius 1 is 1.18 bits per heavy atom. The third-order valence-corrected chi connectivity index (χ3v) is 4.08. The van der Waals surface area contributed by atoms with E-state index >= 15 is 0 Å². The summed E-state index contributed by atoms with van der Waals surface area (Å²) in [4.78, 5) is 13.5. The van der Waals surface area contributed by atoms with E-state index in [1.165, 1.54) is 0 Å². The fourth-order valence-corrected chi connectivity index (χ4v) is 2.91. The van der Waals surface area contributed by atoms with Crippen molar-refractivity contribution in [1.29, 1.82) is 0 Å². The zero-order valence-electron chi connectivity index (χ0n) is 12.5. The zero-order chi connectivity index (χ0) is 15.7. The predicted octanol–water partition coefficient (Wildman–Crippen LogP) is 3.20. The second kappa shape index (κ2) is 5.72. The fraction of sp³-hybridized carbons (Fsp3) is 0.278. The highest BCUT2D eigenvalue weighted by Crippen LogP contribution is 2.40. The molecule has 1 saturated heterocycles. The molecule has 1 aliphatic heterocycles. The topological polar surface area (TPSA) is 60.8 Å². The van der Waals surface area contributed by atoms with Gasteiger partial charge in [0.05, 0.1) is 5.56 Å². The molecular weight excluding hydrogens is 278 g/mol. The molecule has 1 fully saturated rings. The van der Waals surface area contributed by atoms with Crippen LogP contribution in [0.5, 0.6) is 11.5 Å². The molecular formula is C18H19NO3. The van der Waals surface area contributed by atoms with Crippen LogP contribution in [0.1, 0.15) is 24.0 Å². The number of nitrogens with zero attached hydrogens (tertiary/aromatic N) is 1. The molecule has 3 rings (SSSR count). The number of phenols is 2. The third kappa shape index (κ3) is 2.64. The molecule has 1 amide bonds. The molecule has 0 unspecified atom stereocenters. The van der Waals surface area contributed by atoms with E-state index in [9.17, 15) is 15.0 Å². The largest absolute Gasteiger partial charge is 0.507 e. The normalized spacial score (nSPS) is 14.6. The lowest BCUT2D eigenvalue weighted by Gasteiger charge is -2.18. The summed E-state index contributed by atoms with van der Waals surface area (Å²) in [5, 5.41) is 20.7. The molecule has 0 bridgehead atoms. The highest BCUT2D eigenvalue weighted by Gasteiger charge is 2.22. The molecule has 114 valence electrons. The van der Waals surface area contributed by atoms with Gasteiger partial charge in [-0.05, 0) is 31.0 Å². The van der Waals surface area contributed by atoms with Crippen molar-refractivity contribution in [2.75, 3.05) is 6.54 Å². The monoisotopic (exact) mass is 297 g/mol. The van der Waals surface area contributed by atoms with Crippen LogP contribution in [-0.4, -0.2) is 27.6 Å². The smallest absolute Gasteiger partial charge is 0.222 e. The Kier molecular flexibility index (Phi) is 3.75. The van der Waals surface area contributed by atoms with Crippen molar-refractivity contribution in [2.45, 2.75) is 26.3 Å². The van der Waals surface area contributed by atoms with Gasteiger partial charge in [-0.2, -0.15) is 0 Å². The summed E-state index contributed by atoms with van der Waals surface area (Å²) < 4.78 is 0. The molecule has 2 aromatic carbocycles. The Morgan fingerprint density at radius 2 is 2.00 bits per heavy atom. The van der Waals surface area contributed by atoms with E-state index in [1.54, 1.807) is 17.0 Å². The molecule has 4 heteroatoms. The summed E-state index contributed by atoms with van der Waals surface area (Å²) in [5.74, 6) is 0.203. The van der Waals surface area contributed by atoms with E-state index in [0.29, 0.717) is 24.1 Å². The van der Waals surface area contributed by atoms with E-state index in [-0.39, 0.29) is 17.4 Å². The number of carbonyl (C=O) groups is 1. The first kappa shape index (κ1) is 14.4. The molecule has 0 atom stereocenters. The maximum Gasteiger partial charge on any atom is 0.222 e. The van der Waals surface area contributed by atoms with Crippen LogP contribution in [0.3, 0.4) is 0 Å². The average molecular weight is 297 g/mol. The van der Waals surface area contributed by atoms with Gasteiger partial charge in [-0.15, -0.1) is 0 Å². The van der Waals surface area contributed by atoms with Crippen LogP contribution < -0.4 is 0 Å². The van der Waals surface area contributed by atoms with E-state index < -0.39 is 0 Å². The van der Waals surface area contributed by atoms with Crippen molar-refractivity contribution in [1.82, 2.24) is 4.90 Å². The lowest BCUT2D eigenvalue weighted by atomic mass is 9.98. The SMILES string of the molecule is Cc1cccc(-c2c(O)ccc(CN3CCCC3=O)c2O)c1. The first-order chi connectivity index (χ1) is 10.6. The minimum atomic E-state index is 0.0413. The quantitative estimate of drug-likeness (QED) is 0.914. The Morgan fingerprint density at radius 3 is 2.68 bits per heavy atom. The van der Waals surface area contributed by atoms with E-state index in [1.807, 2.05) is 31.2 Å². The molecule has 0 aromatic heterocycles. The molecule has 4 nitrogen and oxygen atoms in total. The maximum absolute atomic E-state index is 11.8. The van der Waals surface area contributed by atoms with Gasteiger partial charge in [-0.3, -0.25) is 4.79 Å². The molecule has 0 aliphatic carbocycles. The number of hydrogen-bond donors (Lipinski definition) is 2. The van der Waals surface area contributed by atoms with Crippen LogP contribution in [-0.2, 0) is 11.3 Å². The molecule has 0 radical (unpaired) electrons. The number of aromatic hydroxyl groups is 2. The van der Waals surface area contributed by atoms with E-state index in [2.05, 4.69) is 0 Å². The molecule has 2 aromatic rings. The predicted molar refractivity (Wildman–Crippen MR) is 84.6 cm³/mol. The summed E-state index contributed by atoms with van der Waals surface area (Å²) in [6.45, 7) is 3.06. The summed E-state index contributed by atoms with van der Waals surface area (Å²) in [6.07, 6.45) is 1.44. The van der Waals surface area contributed by atoms with Gasteiger partial charge in [0.15, 0.2) is 0 Å². The van der Waals surface area contributed by atoms with Gasteiger partial charge in [0, 0.05) is 25.1 Å². The summed E-state index contributed by atoms with van der Waals surface area (Å²) >= 11 is 0. The molecule has 1 heterocycles. The van der Waals surface area contributed by atoms with Crippen LogP contribution in [0.4, 0.5) is 0 Å². The Balaban J connectivity index is 2.00. The van der Waals surface area contributed by atoms with E-state index in [4.69, 9.17) is 0 Å². The van der Waals surface area contributed by atoms with Crippen molar-refractivity contribution in [3.8, 4) is 22.6 Å². The van der Waals surface area contributed by atoms with Crippen molar-refractivity contribution in [2.24, 2.45) is 0 Å². The van der Waals surface area contributed by atoms with Crippen molar-refractivity contribution < 1.29 is 15.0 Å². The first-order valence-corrected chi connectivity index (χ1v) is 7.45. The van der Waals surface area contributed by atoms with Crippen LogP contribution >= 0.6 is 0 Å². The van der Waals surface area contributed by atoms with Crippen molar-refractivity contribution >= 4 is 5.91 Å². The lowest BCUT2D eigenvalue weighted by Crippen LogP contribution is -2.23. The van der Waals surface area contributed by atoms with Gasteiger partial charge in [-0.1, -0.05) is 29.8 Å². The highest BCUT2D eigenvalue weighted by molar-refractivity contribution is 5.80. The standard InChI is InChI=1S/C18H19NO3/c1-12-4-2-5-13(10-12)17-15(20)8-7-14(18(17)22)11-19-9-3-6-16(19)21/h2,4-5,7-8,10,20,22H,3,6,9,11H2,1H3. The Labute approximate surface area is 129 Å². The van der Waals surface area contributed by atoms with Crippen molar-refractivity contribution in [3.05, 3.63) is 47.5 Å². The van der Waals surface area contributed by atoms with Crippen LogP contribution in [0.25, 0.3) is 11.1 Å². The fourth-order valence-electron chi connectivity index (χ4n) is 2.91. The number of hydrogen-bond acceptors (Lipinski definition) is 3. The zero-order valence-corrected chi connectivity index (χ0v) is 12.5. The number of likely N-dealkylation sites (tertiary alicyclic amines) is 1. The van der Waals surface area contributed by atoms with Gasteiger partial charge in [-0.25, -0.2) is 0 Å². The molecule has 0 spiro atoms. The molecule has 2 N–H and O–H groups in total. The van der Waals surface area contributed by atoms with Crippen LogP contribution in [0.2, 0.25) is 0 Å². The lowest BCUT2D eigenvalue weighted by molar-refractivity contribution is -0.128. The number of amides is 1. The second-order valence-corrected chi connectivity index (χ2v) is 5.76. The summed E-state index contributed by atoms with van der Waals surface area (Å²) in [7, 11) is 0. The van der Waals surface area contributed by atoms with Gasteiger partial charge >= 0.3 is 0 Å².